The average Bonchev–Trinajstić information content (AvgIpc) is 2.68. The van der Waals surface area contributed by atoms with E-state index in [1.54, 1.807) is 0 Å². The molecule has 1 heterocycles. The summed E-state index contributed by atoms with van der Waals surface area (Å²) in [6.45, 7) is 2.84. The van der Waals surface area contributed by atoms with Gasteiger partial charge >= 0.3 is 0 Å². The molecule has 0 spiro atoms. The van der Waals surface area contributed by atoms with Crippen molar-refractivity contribution >= 4 is 5.91 Å². The molecule has 0 atom stereocenters. The molecule has 2 fully saturated rings. The fourth-order valence-electron chi connectivity index (χ4n) is 4.01. The normalized spacial score (nSPS) is 19.8. The van der Waals surface area contributed by atoms with Crippen LogP contribution in [0.5, 0.6) is 5.75 Å². The molecule has 138 valence electrons. The third kappa shape index (κ3) is 5.21. The molecule has 1 saturated carbocycles. The molecule has 1 aromatic rings. The largest absolute Gasteiger partial charge is 0.490 e. The second-order valence-electron chi connectivity index (χ2n) is 7.53. The van der Waals surface area contributed by atoms with E-state index in [2.05, 4.69) is 5.32 Å². The van der Waals surface area contributed by atoms with Crippen molar-refractivity contribution in [3.8, 4) is 5.75 Å². The van der Waals surface area contributed by atoms with Crippen molar-refractivity contribution in [3.63, 3.8) is 0 Å². The van der Waals surface area contributed by atoms with Gasteiger partial charge in [-0.1, -0.05) is 6.42 Å². The molecule has 0 bridgehead atoms. The summed E-state index contributed by atoms with van der Waals surface area (Å²) in [5, 5.41) is 3.22. The van der Waals surface area contributed by atoms with Crippen LogP contribution in [0.2, 0.25) is 0 Å². The second-order valence-corrected chi connectivity index (χ2v) is 7.53. The van der Waals surface area contributed by atoms with Crippen molar-refractivity contribution in [2.24, 2.45) is 5.92 Å². The summed E-state index contributed by atoms with van der Waals surface area (Å²) in [4.78, 5) is 14.7. The maximum Gasteiger partial charge on any atom is 0.253 e. The third-order valence-electron chi connectivity index (χ3n) is 5.66. The van der Waals surface area contributed by atoms with E-state index < -0.39 is 0 Å². The van der Waals surface area contributed by atoms with Gasteiger partial charge in [-0.3, -0.25) is 4.79 Å². The molecule has 25 heavy (non-hydrogen) atoms. The summed E-state index contributed by atoms with van der Waals surface area (Å²) in [7, 11) is 2.00. The Bertz CT molecular complexity index is 529. The van der Waals surface area contributed by atoms with E-state index in [0.29, 0.717) is 6.10 Å². The lowest BCUT2D eigenvalue weighted by Gasteiger charge is -2.32. The van der Waals surface area contributed by atoms with Crippen molar-refractivity contribution in [2.75, 3.05) is 26.7 Å². The Morgan fingerprint density at radius 2 is 1.76 bits per heavy atom. The highest BCUT2D eigenvalue weighted by Crippen LogP contribution is 2.25. The molecular weight excluding hydrogens is 312 g/mol. The number of hydrogen-bond acceptors (Lipinski definition) is 3. The minimum Gasteiger partial charge on any atom is -0.490 e. The molecule has 4 nitrogen and oxygen atoms in total. The maximum atomic E-state index is 12.7. The van der Waals surface area contributed by atoms with Crippen LogP contribution in [-0.2, 0) is 0 Å². The highest BCUT2D eigenvalue weighted by molar-refractivity contribution is 5.94. The molecule has 1 N–H and O–H groups in total. The number of hydrogen-bond donors (Lipinski definition) is 1. The van der Waals surface area contributed by atoms with Gasteiger partial charge in [0.15, 0.2) is 0 Å². The minimum atomic E-state index is 0.163. The Kier molecular flexibility index (Phi) is 6.74. The number of ether oxygens (including phenoxy) is 1. The summed E-state index contributed by atoms with van der Waals surface area (Å²) >= 11 is 0. The first-order valence-corrected chi connectivity index (χ1v) is 9.97. The lowest BCUT2D eigenvalue weighted by atomic mass is 9.93. The van der Waals surface area contributed by atoms with Crippen molar-refractivity contribution in [2.45, 2.75) is 57.5 Å². The maximum absolute atomic E-state index is 12.7. The van der Waals surface area contributed by atoms with Gasteiger partial charge in [0.2, 0.25) is 0 Å². The number of benzene rings is 1. The Hall–Kier alpha value is -1.55. The van der Waals surface area contributed by atoms with Crippen molar-refractivity contribution < 1.29 is 9.53 Å². The lowest BCUT2D eigenvalue weighted by molar-refractivity contribution is 0.0687. The fourth-order valence-corrected chi connectivity index (χ4v) is 4.01. The van der Waals surface area contributed by atoms with Gasteiger partial charge < -0.3 is 15.0 Å². The van der Waals surface area contributed by atoms with Crippen LogP contribution in [-0.4, -0.2) is 43.6 Å². The molecule has 0 radical (unpaired) electrons. The first-order chi connectivity index (χ1) is 12.3. The Balaban J connectivity index is 1.49. The van der Waals surface area contributed by atoms with Gasteiger partial charge in [-0.25, -0.2) is 0 Å². The predicted octanol–water partition coefficient (Wildman–Crippen LogP) is 3.86. The van der Waals surface area contributed by atoms with Crippen LogP contribution < -0.4 is 10.1 Å². The topological polar surface area (TPSA) is 41.6 Å². The number of carbonyl (C=O) groups is 1. The molecule has 1 amide bonds. The van der Waals surface area contributed by atoms with Gasteiger partial charge in [-0.05, 0) is 88.7 Å². The Morgan fingerprint density at radius 1 is 1.08 bits per heavy atom. The molecule has 4 heteroatoms. The van der Waals surface area contributed by atoms with Gasteiger partial charge in [-0.2, -0.15) is 0 Å². The number of nitrogens with one attached hydrogen (secondary N) is 1. The molecule has 2 aliphatic rings. The average molecular weight is 344 g/mol. The van der Waals surface area contributed by atoms with Crippen LogP contribution >= 0.6 is 0 Å². The van der Waals surface area contributed by atoms with Gasteiger partial charge in [0, 0.05) is 18.7 Å². The summed E-state index contributed by atoms with van der Waals surface area (Å²) in [5.74, 6) is 1.81. The van der Waals surface area contributed by atoms with E-state index >= 15 is 0 Å². The first kappa shape index (κ1) is 18.2. The van der Waals surface area contributed by atoms with Crippen LogP contribution in [0.1, 0.15) is 61.7 Å². The SMILES string of the molecule is CNCCC1CCN(C(=O)c2ccc(OC3CCCCC3)cc2)CC1. The third-order valence-corrected chi connectivity index (χ3v) is 5.66. The van der Waals surface area contributed by atoms with Crippen molar-refractivity contribution in [1.29, 1.82) is 0 Å². The Labute approximate surface area is 151 Å². The summed E-state index contributed by atoms with van der Waals surface area (Å²) in [6, 6.07) is 7.77. The summed E-state index contributed by atoms with van der Waals surface area (Å²) < 4.78 is 6.06. The van der Waals surface area contributed by atoms with Gasteiger partial charge in [0.1, 0.15) is 5.75 Å². The Morgan fingerprint density at radius 3 is 2.40 bits per heavy atom. The summed E-state index contributed by atoms with van der Waals surface area (Å²) in [5.41, 5.74) is 0.782. The zero-order valence-electron chi connectivity index (χ0n) is 15.5. The molecule has 0 aromatic heterocycles. The zero-order valence-corrected chi connectivity index (χ0v) is 15.5. The molecule has 1 aliphatic heterocycles. The fraction of sp³-hybridized carbons (Fsp3) is 0.667. The number of carbonyl (C=O) groups excluding carboxylic acids is 1. The van der Waals surface area contributed by atoms with Crippen molar-refractivity contribution in [3.05, 3.63) is 29.8 Å². The molecule has 1 saturated heterocycles. The predicted molar refractivity (Wildman–Crippen MR) is 101 cm³/mol. The zero-order chi connectivity index (χ0) is 17.5. The van der Waals surface area contributed by atoms with E-state index in [1.807, 2.05) is 36.2 Å². The summed E-state index contributed by atoms with van der Waals surface area (Å²) in [6.07, 6.45) is 9.99. The van der Waals surface area contributed by atoms with Gasteiger partial charge in [0.05, 0.1) is 6.10 Å². The minimum absolute atomic E-state index is 0.163. The van der Waals surface area contributed by atoms with Crippen LogP contribution in [0.15, 0.2) is 24.3 Å². The van der Waals surface area contributed by atoms with Crippen LogP contribution in [0.3, 0.4) is 0 Å². The first-order valence-electron chi connectivity index (χ1n) is 9.97. The number of rotatable bonds is 6. The van der Waals surface area contributed by atoms with E-state index in [1.165, 1.54) is 25.7 Å². The number of nitrogens with zero attached hydrogens (tertiary/aromatic N) is 1. The van der Waals surface area contributed by atoms with Crippen LogP contribution in [0.25, 0.3) is 0 Å². The molecule has 1 aromatic carbocycles. The van der Waals surface area contributed by atoms with Gasteiger partial charge in [-0.15, -0.1) is 0 Å². The lowest BCUT2D eigenvalue weighted by Crippen LogP contribution is -2.38. The highest BCUT2D eigenvalue weighted by atomic mass is 16.5. The van der Waals surface area contributed by atoms with Crippen LogP contribution in [0.4, 0.5) is 0 Å². The van der Waals surface area contributed by atoms with E-state index in [0.717, 1.165) is 62.5 Å². The molecule has 1 aliphatic carbocycles. The van der Waals surface area contributed by atoms with E-state index in [9.17, 15) is 4.79 Å². The van der Waals surface area contributed by atoms with E-state index in [-0.39, 0.29) is 5.91 Å². The number of piperidine rings is 1. The number of likely N-dealkylation sites (tertiary alicyclic amines) is 1. The quantitative estimate of drug-likeness (QED) is 0.852. The molecule has 0 unspecified atom stereocenters. The second kappa shape index (κ2) is 9.23. The molecule has 3 rings (SSSR count). The standard InChI is InChI=1S/C21H32N2O2/c1-22-14-11-17-12-15-23(16-13-17)21(24)18-7-9-20(10-8-18)25-19-5-3-2-4-6-19/h7-10,17,19,22H,2-6,11-16H2,1H3. The van der Waals surface area contributed by atoms with Crippen LogP contribution in [0, 0.1) is 5.92 Å². The van der Waals surface area contributed by atoms with E-state index in [4.69, 9.17) is 4.74 Å². The molecular formula is C21H32N2O2. The van der Waals surface area contributed by atoms with Gasteiger partial charge in [0.25, 0.3) is 5.91 Å². The smallest absolute Gasteiger partial charge is 0.253 e. The number of amides is 1. The monoisotopic (exact) mass is 344 g/mol. The highest BCUT2D eigenvalue weighted by Gasteiger charge is 2.23. The van der Waals surface area contributed by atoms with Crippen molar-refractivity contribution in [1.82, 2.24) is 10.2 Å².